The van der Waals surface area contributed by atoms with E-state index in [-0.39, 0.29) is 18.1 Å². The summed E-state index contributed by atoms with van der Waals surface area (Å²) < 4.78 is 0. The summed E-state index contributed by atoms with van der Waals surface area (Å²) in [6.45, 7) is 0.851. The largest absolute Gasteiger partial charge is 0.402 e. The number of hydrogen-bond donors (Lipinski definition) is 3. The Bertz CT molecular complexity index is 1990. The number of benzene rings is 2. The third-order valence-corrected chi connectivity index (χ3v) is 10.5. The van der Waals surface area contributed by atoms with Gasteiger partial charge in [-0.1, -0.05) is 66.8 Å². The highest BCUT2D eigenvalue weighted by Gasteiger charge is 2.31. The molecule has 0 radical (unpaired) electrons. The number of allylic oxidation sites excluding steroid dienone is 7. The molecule has 3 atom stereocenters. The highest BCUT2D eigenvalue weighted by atomic mass is 15.2. The molecule has 0 spiro atoms. The minimum Gasteiger partial charge on any atom is -0.402 e. The van der Waals surface area contributed by atoms with Crippen LogP contribution in [0.25, 0.3) is 22.6 Å². The van der Waals surface area contributed by atoms with Gasteiger partial charge in [0, 0.05) is 54.9 Å². The van der Waals surface area contributed by atoms with Crippen molar-refractivity contribution in [3.05, 3.63) is 154 Å². The molecule has 5 heterocycles. The number of fused-ring (bicyclic) bond motifs is 3. The molecule has 4 aliphatic heterocycles. The van der Waals surface area contributed by atoms with Crippen LogP contribution in [0.5, 0.6) is 0 Å². The van der Waals surface area contributed by atoms with Gasteiger partial charge in [0.25, 0.3) is 0 Å². The standard InChI is InChI=1S/C42H44N6/c1-47-23-8-6-14-38(47)40-27-32(26-39(48(40)2)36-13-5-7-21-44-36)29-17-15-28(16-18-29)24-37-34(33-11-3-4-12-35(33)43)25-31-20-19-30-10-9-22-45-41(30)42(31)46-37/h5-10,13-20,22-23,25-27,37-39,44,46H,3-4,11-12,21,24,43H2,1-2H3. The van der Waals surface area contributed by atoms with E-state index in [2.05, 4.69) is 138 Å². The molecular formula is C42H44N6. The van der Waals surface area contributed by atoms with Crippen LogP contribution >= 0.6 is 0 Å². The molecule has 0 amide bonds. The number of likely N-dealkylation sites (N-methyl/N-ethyl adjacent to an activating group) is 2. The Kier molecular flexibility index (Phi) is 8.01. The van der Waals surface area contributed by atoms with E-state index in [9.17, 15) is 0 Å². The van der Waals surface area contributed by atoms with Crippen molar-refractivity contribution in [3.63, 3.8) is 0 Å². The van der Waals surface area contributed by atoms with E-state index < -0.39 is 0 Å². The van der Waals surface area contributed by atoms with E-state index in [4.69, 9.17) is 10.7 Å². The van der Waals surface area contributed by atoms with Gasteiger partial charge in [0.2, 0.25) is 0 Å². The van der Waals surface area contributed by atoms with Gasteiger partial charge in [0.1, 0.15) is 0 Å². The molecule has 0 saturated heterocycles. The summed E-state index contributed by atoms with van der Waals surface area (Å²) >= 11 is 0. The Hall–Kier alpha value is -5.23. The second-order valence-corrected chi connectivity index (χ2v) is 13.5. The van der Waals surface area contributed by atoms with Gasteiger partial charge >= 0.3 is 0 Å². The van der Waals surface area contributed by atoms with E-state index in [1.54, 1.807) is 0 Å². The van der Waals surface area contributed by atoms with Crippen LogP contribution in [-0.2, 0) is 6.42 Å². The number of hydrogen-bond acceptors (Lipinski definition) is 6. The van der Waals surface area contributed by atoms with Gasteiger partial charge < -0.3 is 26.2 Å². The van der Waals surface area contributed by atoms with E-state index in [0.717, 1.165) is 48.1 Å². The van der Waals surface area contributed by atoms with Crippen molar-refractivity contribution < 1.29 is 0 Å². The van der Waals surface area contributed by atoms with Crippen LogP contribution in [0.4, 0.5) is 5.69 Å². The van der Waals surface area contributed by atoms with E-state index in [0.29, 0.717) is 0 Å². The maximum absolute atomic E-state index is 6.69. The van der Waals surface area contributed by atoms with Crippen LogP contribution in [0.15, 0.2) is 138 Å². The molecule has 242 valence electrons. The summed E-state index contributed by atoms with van der Waals surface area (Å²) in [4.78, 5) is 9.46. The van der Waals surface area contributed by atoms with E-state index >= 15 is 0 Å². The normalized spacial score (nSPS) is 23.6. The number of pyridine rings is 1. The quantitative estimate of drug-likeness (QED) is 0.262. The topological polar surface area (TPSA) is 69.4 Å². The van der Waals surface area contributed by atoms with Gasteiger partial charge in [-0.2, -0.15) is 0 Å². The number of aromatic nitrogens is 1. The molecule has 8 rings (SSSR count). The SMILES string of the molecule is CN1C=CC=CC1C1=CC(c2ccc(CC3Nc4c(ccc5cccnc45)C=C3C3=C(N)CCCC3)cc2)=CC(C2=CC=CCN2)N1C. The maximum Gasteiger partial charge on any atom is 0.0939 e. The smallest absolute Gasteiger partial charge is 0.0939 e. The first-order valence-electron chi connectivity index (χ1n) is 17.3. The van der Waals surface area contributed by atoms with Crippen molar-refractivity contribution in [3.8, 4) is 0 Å². The van der Waals surface area contributed by atoms with Crippen molar-refractivity contribution in [1.82, 2.24) is 20.1 Å². The minimum atomic E-state index is 0.111. The molecule has 0 saturated carbocycles. The van der Waals surface area contributed by atoms with Crippen LogP contribution in [0.2, 0.25) is 0 Å². The van der Waals surface area contributed by atoms with Crippen LogP contribution in [-0.4, -0.2) is 53.5 Å². The average molecular weight is 633 g/mol. The molecule has 3 unspecified atom stereocenters. The van der Waals surface area contributed by atoms with Crippen LogP contribution < -0.4 is 16.4 Å². The third kappa shape index (κ3) is 5.66. The molecule has 0 fully saturated rings. The number of nitrogens with two attached hydrogens (primary N) is 1. The molecule has 2 aromatic carbocycles. The number of dihydropyridines is 1. The lowest BCUT2D eigenvalue weighted by Crippen LogP contribution is -2.44. The Labute approximate surface area is 284 Å². The molecule has 6 heteroatoms. The summed E-state index contributed by atoms with van der Waals surface area (Å²) in [6.07, 6.45) is 29.5. The Balaban J connectivity index is 1.12. The first-order valence-corrected chi connectivity index (χ1v) is 17.3. The minimum absolute atomic E-state index is 0.111. The lowest BCUT2D eigenvalue weighted by molar-refractivity contribution is 0.296. The first kappa shape index (κ1) is 30.1. The van der Waals surface area contributed by atoms with Crippen LogP contribution in [0, 0.1) is 0 Å². The van der Waals surface area contributed by atoms with Crippen molar-refractivity contribution >= 4 is 28.2 Å². The fourth-order valence-electron chi connectivity index (χ4n) is 7.83. The van der Waals surface area contributed by atoms with Crippen molar-refractivity contribution in [2.45, 2.75) is 50.2 Å². The zero-order valence-corrected chi connectivity index (χ0v) is 27.9. The van der Waals surface area contributed by atoms with Crippen molar-refractivity contribution in [1.29, 1.82) is 0 Å². The van der Waals surface area contributed by atoms with Gasteiger partial charge in [-0.15, -0.1) is 0 Å². The zero-order chi connectivity index (χ0) is 32.6. The molecule has 48 heavy (non-hydrogen) atoms. The van der Waals surface area contributed by atoms with Crippen molar-refractivity contribution in [2.24, 2.45) is 5.73 Å². The van der Waals surface area contributed by atoms with Gasteiger partial charge in [-0.05, 0) is 103 Å². The molecule has 1 aliphatic carbocycles. The second-order valence-electron chi connectivity index (χ2n) is 13.5. The number of nitrogens with one attached hydrogen (secondary N) is 2. The van der Waals surface area contributed by atoms with Crippen LogP contribution in [0.1, 0.15) is 42.4 Å². The molecule has 5 aliphatic rings. The highest BCUT2D eigenvalue weighted by Crippen LogP contribution is 2.40. The lowest BCUT2D eigenvalue weighted by atomic mass is 9.82. The van der Waals surface area contributed by atoms with E-state index in [1.807, 2.05) is 12.3 Å². The Morgan fingerprint density at radius 2 is 1.81 bits per heavy atom. The second kappa shape index (κ2) is 12.8. The molecule has 1 aromatic heterocycles. The fraction of sp³-hybridized carbons (Fsp3) is 0.262. The van der Waals surface area contributed by atoms with Gasteiger partial charge in [-0.3, -0.25) is 4.98 Å². The average Bonchev–Trinajstić information content (AvgIpc) is 3.13. The highest BCUT2D eigenvalue weighted by molar-refractivity contribution is 5.97. The Morgan fingerprint density at radius 3 is 2.62 bits per heavy atom. The summed E-state index contributed by atoms with van der Waals surface area (Å²) in [7, 11) is 4.36. The zero-order valence-electron chi connectivity index (χ0n) is 27.9. The summed E-state index contributed by atoms with van der Waals surface area (Å²) in [5.74, 6) is 0. The number of anilines is 1. The monoisotopic (exact) mass is 632 g/mol. The molecular weight excluding hydrogens is 589 g/mol. The summed E-state index contributed by atoms with van der Waals surface area (Å²) in [6, 6.07) is 18.1. The lowest BCUT2D eigenvalue weighted by Gasteiger charge is -2.41. The van der Waals surface area contributed by atoms with Gasteiger partial charge in [0.15, 0.2) is 0 Å². The molecule has 3 aromatic rings. The first-order chi connectivity index (χ1) is 23.5. The van der Waals surface area contributed by atoms with Gasteiger partial charge in [-0.25, -0.2) is 0 Å². The predicted octanol–water partition coefficient (Wildman–Crippen LogP) is 7.45. The fourth-order valence-corrected chi connectivity index (χ4v) is 7.83. The predicted molar refractivity (Wildman–Crippen MR) is 200 cm³/mol. The molecule has 0 bridgehead atoms. The number of rotatable bonds is 6. The van der Waals surface area contributed by atoms with Gasteiger partial charge in [0.05, 0.1) is 29.3 Å². The van der Waals surface area contributed by atoms with Crippen LogP contribution in [0.3, 0.4) is 0 Å². The van der Waals surface area contributed by atoms with Crippen molar-refractivity contribution in [2.75, 3.05) is 26.0 Å². The third-order valence-electron chi connectivity index (χ3n) is 10.5. The summed E-state index contributed by atoms with van der Waals surface area (Å²) in [5, 5.41) is 8.72. The summed E-state index contributed by atoms with van der Waals surface area (Å²) in [5.41, 5.74) is 20.0. The Morgan fingerprint density at radius 1 is 0.938 bits per heavy atom. The number of nitrogens with zero attached hydrogens (tertiary/aromatic N) is 3. The van der Waals surface area contributed by atoms with E-state index in [1.165, 1.54) is 57.6 Å². The maximum atomic E-state index is 6.69. The molecule has 6 nitrogen and oxygen atoms in total. The molecule has 4 N–H and O–H groups in total.